The summed E-state index contributed by atoms with van der Waals surface area (Å²) in [6, 6.07) is 21.1. The van der Waals surface area contributed by atoms with E-state index >= 15 is 0 Å². The van der Waals surface area contributed by atoms with Crippen molar-refractivity contribution >= 4 is 29.1 Å². The molecule has 0 spiro atoms. The van der Waals surface area contributed by atoms with E-state index in [-0.39, 0.29) is 12.0 Å². The third-order valence-electron chi connectivity index (χ3n) is 6.97. The molecule has 1 N–H and O–H groups in total. The molecule has 2 aliphatic rings. The fourth-order valence-electron chi connectivity index (χ4n) is 5.03. The number of carbonyl (C=O) groups excluding carboxylic acids is 1. The molecule has 0 amide bonds. The highest BCUT2D eigenvalue weighted by Gasteiger charge is 2.33. The molecule has 5 nitrogen and oxygen atoms in total. The van der Waals surface area contributed by atoms with Crippen LogP contribution in [0.25, 0.3) is 0 Å². The van der Waals surface area contributed by atoms with Crippen molar-refractivity contribution in [1.82, 2.24) is 10.2 Å². The normalized spacial score (nSPS) is 17.6. The molecule has 1 atom stereocenters. The number of benzene rings is 3. The van der Waals surface area contributed by atoms with E-state index in [9.17, 15) is 18.0 Å². The predicted octanol–water partition coefficient (Wildman–Crippen LogP) is 6.22. The van der Waals surface area contributed by atoms with Crippen LogP contribution >= 0.6 is 11.8 Å². The number of hydrogen-bond donors (Lipinski definition) is 1. The fraction of sp³-hybridized carbons (Fsp3) is 0.345. The molecule has 3 aromatic rings. The number of hydrogen-bond acceptors (Lipinski definition) is 6. The van der Waals surface area contributed by atoms with Crippen LogP contribution in [0.5, 0.6) is 0 Å². The van der Waals surface area contributed by atoms with Crippen molar-refractivity contribution in [2.75, 3.05) is 44.2 Å². The van der Waals surface area contributed by atoms with Crippen molar-refractivity contribution in [2.45, 2.75) is 34.9 Å². The Balaban J connectivity index is 1.22. The Kier molecular flexibility index (Phi) is 8.26. The molecule has 2 heterocycles. The Bertz CT molecular complexity index is 1260. The van der Waals surface area contributed by atoms with Crippen molar-refractivity contribution in [1.29, 1.82) is 0 Å². The number of piperazine rings is 1. The molecule has 9 heteroatoms. The molecule has 38 heavy (non-hydrogen) atoms. The number of esters is 1. The first-order valence-corrected chi connectivity index (χ1v) is 13.6. The van der Waals surface area contributed by atoms with Gasteiger partial charge in [0, 0.05) is 48.6 Å². The quantitative estimate of drug-likeness (QED) is 0.342. The van der Waals surface area contributed by atoms with Gasteiger partial charge in [0.2, 0.25) is 0 Å². The second-order valence-corrected chi connectivity index (χ2v) is 10.5. The molecule has 1 saturated heterocycles. The molecule has 5 rings (SSSR count). The molecule has 1 fully saturated rings. The van der Waals surface area contributed by atoms with Crippen LogP contribution in [0.4, 0.5) is 24.5 Å². The highest BCUT2D eigenvalue weighted by molar-refractivity contribution is 7.99. The Morgan fingerprint density at radius 2 is 1.74 bits per heavy atom. The third kappa shape index (κ3) is 6.17. The minimum Gasteiger partial charge on any atom is -0.461 e. The molecule has 200 valence electrons. The van der Waals surface area contributed by atoms with E-state index < -0.39 is 11.7 Å². The maximum Gasteiger partial charge on any atom is 0.416 e. The van der Waals surface area contributed by atoms with Gasteiger partial charge in [0.1, 0.15) is 6.61 Å². The van der Waals surface area contributed by atoms with E-state index in [4.69, 9.17) is 4.74 Å². The first-order valence-electron chi connectivity index (χ1n) is 12.8. The van der Waals surface area contributed by atoms with Crippen LogP contribution in [-0.4, -0.2) is 56.2 Å². The monoisotopic (exact) mass is 541 g/mol. The summed E-state index contributed by atoms with van der Waals surface area (Å²) in [4.78, 5) is 18.5. The van der Waals surface area contributed by atoms with Crippen molar-refractivity contribution in [3.63, 3.8) is 0 Å². The Morgan fingerprint density at radius 3 is 2.55 bits per heavy atom. The number of anilines is 2. The van der Waals surface area contributed by atoms with Gasteiger partial charge in [-0.1, -0.05) is 42.1 Å². The zero-order valence-electron chi connectivity index (χ0n) is 20.9. The second kappa shape index (κ2) is 11.8. The summed E-state index contributed by atoms with van der Waals surface area (Å²) in [5.74, 6) is -0.323. The number of para-hydroxylation sites is 1. The number of nitrogens with one attached hydrogen (secondary N) is 1. The van der Waals surface area contributed by atoms with Crippen LogP contribution in [0.3, 0.4) is 0 Å². The third-order valence-corrected chi connectivity index (χ3v) is 8.10. The molecule has 0 radical (unpaired) electrons. The van der Waals surface area contributed by atoms with Gasteiger partial charge in [0.05, 0.1) is 22.5 Å². The fourth-order valence-corrected chi connectivity index (χ4v) is 6.10. The van der Waals surface area contributed by atoms with Gasteiger partial charge in [-0.3, -0.25) is 4.90 Å². The average molecular weight is 542 g/mol. The molecule has 3 aromatic carbocycles. The van der Waals surface area contributed by atoms with Crippen molar-refractivity contribution in [2.24, 2.45) is 0 Å². The molecule has 0 aliphatic carbocycles. The van der Waals surface area contributed by atoms with Crippen LogP contribution in [0, 0.1) is 0 Å². The highest BCUT2D eigenvalue weighted by Crippen LogP contribution is 2.49. The van der Waals surface area contributed by atoms with E-state index in [2.05, 4.69) is 10.2 Å². The Labute approximate surface area is 225 Å². The van der Waals surface area contributed by atoms with Crippen molar-refractivity contribution in [3.8, 4) is 0 Å². The maximum atomic E-state index is 13.5. The summed E-state index contributed by atoms with van der Waals surface area (Å²) in [5.41, 5.74) is 1.46. The number of carbonyl (C=O) groups is 1. The molecule has 2 aliphatic heterocycles. The van der Waals surface area contributed by atoms with Crippen LogP contribution in [0.2, 0.25) is 0 Å². The summed E-state index contributed by atoms with van der Waals surface area (Å²) in [6.07, 6.45) is -2.71. The van der Waals surface area contributed by atoms with E-state index in [1.165, 1.54) is 17.8 Å². The summed E-state index contributed by atoms with van der Waals surface area (Å²) < 4.78 is 46.0. The van der Waals surface area contributed by atoms with E-state index in [1.807, 2.05) is 47.4 Å². The Morgan fingerprint density at radius 1 is 0.974 bits per heavy atom. The average Bonchev–Trinajstić information content (AvgIpc) is 2.93. The lowest BCUT2D eigenvalue weighted by molar-refractivity contribution is -0.137. The second-order valence-electron chi connectivity index (χ2n) is 9.44. The highest BCUT2D eigenvalue weighted by atomic mass is 32.2. The van der Waals surface area contributed by atoms with Gasteiger partial charge in [0.25, 0.3) is 0 Å². The van der Waals surface area contributed by atoms with Crippen LogP contribution in [0.15, 0.2) is 82.6 Å². The molecule has 0 aromatic heterocycles. The minimum atomic E-state index is -4.39. The van der Waals surface area contributed by atoms with Gasteiger partial charge in [-0.25, -0.2) is 4.79 Å². The van der Waals surface area contributed by atoms with Gasteiger partial charge < -0.3 is 15.0 Å². The zero-order chi connectivity index (χ0) is 26.5. The van der Waals surface area contributed by atoms with Gasteiger partial charge in [-0.2, -0.15) is 13.2 Å². The van der Waals surface area contributed by atoms with E-state index in [1.54, 1.807) is 18.2 Å². The molecular weight excluding hydrogens is 511 g/mol. The van der Waals surface area contributed by atoms with Gasteiger partial charge in [0.15, 0.2) is 0 Å². The summed E-state index contributed by atoms with van der Waals surface area (Å²) in [5, 5.41) is 3.44. The lowest BCUT2D eigenvalue weighted by Crippen LogP contribution is -2.52. The SMILES string of the molecule is O=C(OCCN1CCNCC1CCCN1c2ccccc2Sc2ccc(C(F)(F)F)cc21)c1ccccc1. The lowest BCUT2D eigenvalue weighted by Gasteiger charge is -2.37. The molecule has 1 unspecified atom stereocenters. The number of rotatable bonds is 8. The van der Waals surface area contributed by atoms with Crippen LogP contribution in [0.1, 0.15) is 28.8 Å². The smallest absolute Gasteiger partial charge is 0.416 e. The Hall–Kier alpha value is -3.01. The van der Waals surface area contributed by atoms with Gasteiger partial charge in [-0.05, 0) is 55.3 Å². The number of ether oxygens (including phenoxy) is 1. The summed E-state index contributed by atoms with van der Waals surface area (Å²) >= 11 is 1.51. The predicted molar refractivity (Wildman–Crippen MR) is 143 cm³/mol. The number of fused-ring (bicyclic) bond motifs is 2. The number of halogens is 3. The number of alkyl halides is 3. The summed E-state index contributed by atoms with van der Waals surface area (Å²) in [7, 11) is 0. The lowest BCUT2D eigenvalue weighted by atomic mass is 10.1. The topological polar surface area (TPSA) is 44.8 Å². The van der Waals surface area contributed by atoms with Crippen LogP contribution < -0.4 is 10.2 Å². The minimum absolute atomic E-state index is 0.259. The molecular formula is C29H30F3N3O2S. The van der Waals surface area contributed by atoms with Crippen molar-refractivity contribution in [3.05, 3.63) is 83.9 Å². The van der Waals surface area contributed by atoms with Crippen LogP contribution in [-0.2, 0) is 10.9 Å². The molecule has 0 bridgehead atoms. The van der Waals surface area contributed by atoms with E-state index in [0.717, 1.165) is 54.0 Å². The standard InChI is InChI=1S/C29H30F3N3O2S/c30-29(31,32)22-12-13-27-25(19-22)35(24-10-4-5-11-26(24)38-27)15-6-9-23-20-33-14-16-34(23)17-18-37-28(36)21-7-2-1-3-8-21/h1-5,7-8,10-13,19,23,33H,6,9,14-18,20H2. The first-order chi connectivity index (χ1) is 18.4. The van der Waals surface area contributed by atoms with Crippen molar-refractivity contribution < 1.29 is 22.7 Å². The number of nitrogens with zero attached hydrogens (tertiary/aromatic N) is 2. The van der Waals surface area contributed by atoms with Gasteiger partial charge >= 0.3 is 12.1 Å². The zero-order valence-corrected chi connectivity index (χ0v) is 21.7. The van der Waals surface area contributed by atoms with E-state index in [0.29, 0.717) is 30.9 Å². The first kappa shape index (κ1) is 26.6. The largest absolute Gasteiger partial charge is 0.461 e. The summed E-state index contributed by atoms with van der Waals surface area (Å²) in [6.45, 7) is 4.12. The van der Waals surface area contributed by atoms with Gasteiger partial charge in [-0.15, -0.1) is 0 Å². The molecule has 0 saturated carbocycles. The maximum absolute atomic E-state index is 13.5.